The number of aromatic nitrogens is 1. The first-order valence-corrected chi connectivity index (χ1v) is 6.85. The van der Waals surface area contributed by atoms with Crippen molar-refractivity contribution in [2.75, 3.05) is 5.43 Å². The molecule has 0 saturated heterocycles. The Morgan fingerprint density at radius 1 is 1.17 bits per heavy atom. The summed E-state index contributed by atoms with van der Waals surface area (Å²) in [5, 5.41) is 13.1. The molecular weight excluding hydrogens is 294 g/mol. The maximum absolute atomic E-state index is 11.0. The molecule has 0 saturated carbocycles. The number of carbonyl (C=O) groups is 1. The molecule has 0 unspecified atom stereocenters. The van der Waals surface area contributed by atoms with Gasteiger partial charge >= 0.3 is 5.97 Å². The number of nitrogens with one attached hydrogen (secondary N) is 1. The summed E-state index contributed by atoms with van der Waals surface area (Å²) in [5.74, 6) is 0.169. The molecule has 1 aromatic carbocycles. The van der Waals surface area contributed by atoms with Gasteiger partial charge in [0.05, 0.1) is 17.5 Å². The molecule has 3 rings (SSSR count). The SMILES string of the molecule is O=C(O)c1cccc(-c2ccc(/C=N/Nc3ccncc3)o2)c1. The van der Waals surface area contributed by atoms with Gasteiger partial charge in [-0.15, -0.1) is 0 Å². The van der Waals surface area contributed by atoms with Crippen LogP contribution >= 0.6 is 0 Å². The molecule has 6 heteroatoms. The molecule has 114 valence electrons. The Balaban J connectivity index is 1.73. The Kier molecular flexibility index (Phi) is 4.15. The first-order valence-electron chi connectivity index (χ1n) is 6.85. The molecule has 2 aromatic heterocycles. The molecule has 0 spiro atoms. The van der Waals surface area contributed by atoms with Gasteiger partial charge < -0.3 is 9.52 Å². The quantitative estimate of drug-likeness (QED) is 0.556. The number of benzene rings is 1. The Morgan fingerprint density at radius 2 is 2.00 bits per heavy atom. The number of hydrogen-bond acceptors (Lipinski definition) is 5. The highest BCUT2D eigenvalue weighted by Gasteiger charge is 2.07. The van der Waals surface area contributed by atoms with E-state index in [9.17, 15) is 4.79 Å². The van der Waals surface area contributed by atoms with Gasteiger partial charge in [0.15, 0.2) is 0 Å². The van der Waals surface area contributed by atoms with Crippen LogP contribution < -0.4 is 5.43 Å². The molecule has 0 aliphatic carbocycles. The van der Waals surface area contributed by atoms with Crippen LogP contribution in [0.2, 0.25) is 0 Å². The summed E-state index contributed by atoms with van der Waals surface area (Å²) < 4.78 is 5.65. The average Bonchev–Trinajstić information content (AvgIpc) is 3.05. The molecule has 0 fully saturated rings. The lowest BCUT2D eigenvalue weighted by Crippen LogP contribution is -1.95. The molecule has 3 aromatic rings. The maximum Gasteiger partial charge on any atom is 0.335 e. The highest BCUT2D eigenvalue weighted by atomic mass is 16.4. The Labute approximate surface area is 132 Å². The van der Waals surface area contributed by atoms with Gasteiger partial charge in [-0.2, -0.15) is 5.10 Å². The van der Waals surface area contributed by atoms with Crippen molar-refractivity contribution in [2.24, 2.45) is 5.10 Å². The number of carboxylic acid groups (broad SMARTS) is 1. The van der Waals surface area contributed by atoms with Gasteiger partial charge in [0.1, 0.15) is 11.5 Å². The summed E-state index contributed by atoms with van der Waals surface area (Å²) in [7, 11) is 0. The monoisotopic (exact) mass is 307 g/mol. The van der Waals surface area contributed by atoms with Crippen molar-refractivity contribution in [1.29, 1.82) is 0 Å². The van der Waals surface area contributed by atoms with E-state index in [1.807, 2.05) is 0 Å². The summed E-state index contributed by atoms with van der Waals surface area (Å²) in [5.41, 5.74) is 4.59. The second-order valence-corrected chi connectivity index (χ2v) is 4.69. The lowest BCUT2D eigenvalue weighted by Gasteiger charge is -1.99. The Bertz CT molecular complexity index is 841. The molecule has 0 bridgehead atoms. The molecule has 0 amide bonds. The van der Waals surface area contributed by atoms with Gasteiger partial charge in [-0.25, -0.2) is 4.79 Å². The Hall–Kier alpha value is -3.41. The number of carboxylic acids is 1. The van der Waals surface area contributed by atoms with E-state index in [4.69, 9.17) is 9.52 Å². The van der Waals surface area contributed by atoms with Crippen molar-refractivity contribution in [2.45, 2.75) is 0 Å². The number of pyridine rings is 1. The third-order valence-corrected chi connectivity index (χ3v) is 3.09. The van der Waals surface area contributed by atoms with E-state index in [1.165, 1.54) is 6.07 Å². The first kappa shape index (κ1) is 14.5. The first-order chi connectivity index (χ1) is 11.2. The van der Waals surface area contributed by atoms with E-state index in [0.717, 1.165) is 5.69 Å². The molecular formula is C17H13N3O3. The molecule has 23 heavy (non-hydrogen) atoms. The fraction of sp³-hybridized carbons (Fsp3) is 0. The zero-order valence-electron chi connectivity index (χ0n) is 12.0. The molecule has 0 aliphatic heterocycles. The van der Waals surface area contributed by atoms with Crippen LogP contribution in [0, 0.1) is 0 Å². The fourth-order valence-corrected chi connectivity index (χ4v) is 1.98. The maximum atomic E-state index is 11.0. The van der Waals surface area contributed by atoms with Gasteiger partial charge in [-0.05, 0) is 36.4 Å². The number of furan rings is 1. The van der Waals surface area contributed by atoms with Crippen molar-refractivity contribution in [3.8, 4) is 11.3 Å². The normalized spacial score (nSPS) is 10.8. The second-order valence-electron chi connectivity index (χ2n) is 4.69. The van der Waals surface area contributed by atoms with Crippen LogP contribution in [0.4, 0.5) is 5.69 Å². The lowest BCUT2D eigenvalue weighted by molar-refractivity contribution is 0.0697. The van der Waals surface area contributed by atoms with Crippen LogP contribution in [0.5, 0.6) is 0 Å². The fourth-order valence-electron chi connectivity index (χ4n) is 1.98. The standard InChI is InChI=1S/C17H13N3O3/c21-17(22)13-3-1-2-12(10-13)16-5-4-15(23-16)11-19-20-14-6-8-18-9-7-14/h1-11H,(H,18,20)(H,21,22)/b19-11+. The van der Waals surface area contributed by atoms with E-state index in [-0.39, 0.29) is 5.56 Å². The second kappa shape index (κ2) is 6.57. The number of aromatic carboxylic acids is 1. The number of hydrazone groups is 1. The topological polar surface area (TPSA) is 87.7 Å². The molecule has 6 nitrogen and oxygen atoms in total. The molecule has 0 radical (unpaired) electrons. The third-order valence-electron chi connectivity index (χ3n) is 3.09. The lowest BCUT2D eigenvalue weighted by atomic mass is 10.1. The van der Waals surface area contributed by atoms with Crippen LogP contribution in [0.1, 0.15) is 16.1 Å². The summed E-state index contributed by atoms with van der Waals surface area (Å²) in [6, 6.07) is 13.7. The van der Waals surface area contributed by atoms with Gasteiger partial charge in [0.25, 0.3) is 0 Å². The van der Waals surface area contributed by atoms with Gasteiger partial charge in [-0.3, -0.25) is 10.4 Å². The number of nitrogens with zero attached hydrogens (tertiary/aromatic N) is 2. The minimum atomic E-state index is -0.971. The summed E-state index contributed by atoms with van der Waals surface area (Å²) in [6.45, 7) is 0. The summed E-state index contributed by atoms with van der Waals surface area (Å²) >= 11 is 0. The van der Waals surface area contributed by atoms with Crippen LogP contribution in [-0.4, -0.2) is 22.3 Å². The van der Waals surface area contributed by atoms with E-state index >= 15 is 0 Å². The number of rotatable bonds is 5. The predicted octanol–water partition coefficient (Wildman–Crippen LogP) is 3.49. The highest BCUT2D eigenvalue weighted by molar-refractivity contribution is 5.89. The van der Waals surface area contributed by atoms with Crippen molar-refractivity contribution in [1.82, 2.24) is 4.98 Å². The zero-order chi connectivity index (χ0) is 16.1. The van der Waals surface area contributed by atoms with Crippen LogP contribution in [0.3, 0.4) is 0 Å². The van der Waals surface area contributed by atoms with Crippen molar-refractivity contribution < 1.29 is 14.3 Å². The molecule has 2 N–H and O–H groups in total. The van der Waals surface area contributed by atoms with Crippen molar-refractivity contribution in [3.05, 3.63) is 72.2 Å². The average molecular weight is 307 g/mol. The Morgan fingerprint density at radius 3 is 2.78 bits per heavy atom. The number of hydrogen-bond donors (Lipinski definition) is 2. The molecule has 2 heterocycles. The number of anilines is 1. The summed E-state index contributed by atoms with van der Waals surface area (Å²) in [6.07, 6.45) is 4.88. The summed E-state index contributed by atoms with van der Waals surface area (Å²) in [4.78, 5) is 14.9. The molecule has 0 atom stereocenters. The van der Waals surface area contributed by atoms with E-state index < -0.39 is 5.97 Å². The minimum Gasteiger partial charge on any atom is -0.478 e. The van der Waals surface area contributed by atoms with Crippen LogP contribution in [0.15, 0.2) is 70.4 Å². The van der Waals surface area contributed by atoms with Gasteiger partial charge in [-0.1, -0.05) is 12.1 Å². The zero-order valence-corrected chi connectivity index (χ0v) is 12.0. The van der Waals surface area contributed by atoms with Crippen LogP contribution in [-0.2, 0) is 0 Å². The highest BCUT2D eigenvalue weighted by Crippen LogP contribution is 2.22. The third kappa shape index (κ3) is 3.62. The van der Waals surface area contributed by atoms with E-state index in [1.54, 1.807) is 61.1 Å². The van der Waals surface area contributed by atoms with Gasteiger partial charge in [0.2, 0.25) is 0 Å². The minimum absolute atomic E-state index is 0.216. The van der Waals surface area contributed by atoms with Crippen LogP contribution in [0.25, 0.3) is 11.3 Å². The largest absolute Gasteiger partial charge is 0.478 e. The van der Waals surface area contributed by atoms with Crippen molar-refractivity contribution >= 4 is 17.9 Å². The van der Waals surface area contributed by atoms with E-state index in [0.29, 0.717) is 17.1 Å². The smallest absolute Gasteiger partial charge is 0.335 e. The van der Waals surface area contributed by atoms with E-state index in [2.05, 4.69) is 15.5 Å². The predicted molar refractivity (Wildman–Crippen MR) is 86.6 cm³/mol. The van der Waals surface area contributed by atoms with Crippen molar-refractivity contribution in [3.63, 3.8) is 0 Å². The van der Waals surface area contributed by atoms with Gasteiger partial charge in [0, 0.05) is 18.0 Å². The molecule has 0 aliphatic rings.